The van der Waals surface area contributed by atoms with Gasteiger partial charge in [0.15, 0.2) is 0 Å². The second-order valence-electron chi connectivity index (χ2n) is 7.90. The molecule has 6 nitrogen and oxygen atoms in total. The van der Waals surface area contributed by atoms with Crippen LogP contribution in [0.15, 0.2) is 24.3 Å². The molecular formula is C22H25FN4O2. The molecule has 2 aliphatic heterocycles. The topological polar surface area (TPSA) is 66.4 Å². The molecule has 1 saturated heterocycles. The van der Waals surface area contributed by atoms with Gasteiger partial charge in [-0.05, 0) is 43.9 Å². The average molecular weight is 396 g/mol. The van der Waals surface area contributed by atoms with E-state index in [0.717, 1.165) is 29.7 Å². The third-order valence-corrected chi connectivity index (χ3v) is 5.90. The minimum absolute atomic E-state index is 0.0308. The van der Waals surface area contributed by atoms with Gasteiger partial charge in [-0.1, -0.05) is 12.1 Å². The molecule has 3 heterocycles. The molecule has 1 atom stereocenters. The number of carbonyl (C=O) groups is 2. The van der Waals surface area contributed by atoms with Crippen LogP contribution >= 0.6 is 0 Å². The van der Waals surface area contributed by atoms with Crippen molar-refractivity contribution in [1.29, 1.82) is 0 Å². The minimum atomic E-state index is -0.303. The number of amides is 2. The summed E-state index contributed by atoms with van der Waals surface area (Å²) in [6.07, 6.45) is 3.22. The van der Waals surface area contributed by atoms with Crippen LogP contribution in [-0.2, 0) is 22.4 Å². The molecule has 29 heavy (non-hydrogen) atoms. The number of hydrogen-bond acceptors (Lipinski definition) is 4. The number of halogens is 1. The van der Waals surface area contributed by atoms with E-state index in [4.69, 9.17) is 9.97 Å². The van der Waals surface area contributed by atoms with Crippen LogP contribution in [0.2, 0.25) is 0 Å². The number of aryl methyl sites for hydroxylation is 1. The summed E-state index contributed by atoms with van der Waals surface area (Å²) in [6, 6.07) is 6.06. The highest BCUT2D eigenvalue weighted by Gasteiger charge is 2.30. The Hall–Kier alpha value is -2.83. The molecule has 0 radical (unpaired) electrons. The van der Waals surface area contributed by atoms with E-state index < -0.39 is 0 Å². The molecule has 1 aromatic heterocycles. The van der Waals surface area contributed by atoms with E-state index in [1.807, 2.05) is 11.8 Å². The van der Waals surface area contributed by atoms with Gasteiger partial charge in [-0.3, -0.25) is 14.5 Å². The number of nitrogens with zero attached hydrogens (tertiary/aromatic N) is 4. The molecule has 1 aromatic carbocycles. The zero-order valence-electron chi connectivity index (χ0n) is 16.8. The van der Waals surface area contributed by atoms with Gasteiger partial charge in [-0.25, -0.2) is 14.4 Å². The van der Waals surface area contributed by atoms with Crippen molar-refractivity contribution in [1.82, 2.24) is 14.9 Å². The minimum Gasteiger partial charge on any atom is -0.342 e. The van der Waals surface area contributed by atoms with Crippen molar-refractivity contribution < 1.29 is 14.0 Å². The Labute approximate surface area is 169 Å². The highest BCUT2D eigenvalue weighted by molar-refractivity contribution is 5.94. The Bertz CT molecular complexity index is 945. The smallest absolute Gasteiger partial charge is 0.228 e. The van der Waals surface area contributed by atoms with Crippen molar-refractivity contribution in [2.45, 2.75) is 44.9 Å². The van der Waals surface area contributed by atoms with Crippen molar-refractivity contribution in [3.63, 3.8) is 0 Å². The number of hydrogen-bond donors (Lipinski definition) is 0. The van der Waals surface area contributed by atoms with Crippen LogP contribution in [-0.4, -0.2) is 46.8 Å². The molecule has 2 amide bonds. The monoisotopic (exact) mass is 396 g/mol. The molecule has 0 bridgehead atoms. The Morgan fingerprint density at radius 3 is 2.72 bits per heavy atom. The van der Waals surface area contributed by atoms with E-state index >= 15 is 0 Å². The van der Waals surface area contributed by atoms with Gasteiger partial charge in [0.05, 0.1) is 6.42 Å². The second-order valence-corrected chi connectivity index (χ2v) is 7.90. The lowest BCUT2D eigenvalue weighted by Crippen LogP contribution is -2.40. The number of fused-ring (bicyclic) bond motifs is 1. The number of aromatic nitrogens is 2. The standard InChI is InChI=1S/C22H25FN4O2/c1-14-18-9-10-19(28)26(2)22(18)25-21(24-14)16-4-3-11-27(13-16)20(29)12-15-5-7-17(23)8-6-15/h5-8,16H,3-4,9-13H2,1-2H3/t16-/m0/s1. The zero-order chi connectivity index (χ0) is 20.5. The Kier molecular flexibility index (Phi) is 5.30. The number of carbonyl (C=O) groups excluding carboxylic acids is 2. The summed E-state index contributed by atoms with van der Waals surface area (Å²) in [4.78, 5) is 37.8. The van der Waals surface area contributed by atoms with Crippen molar-refractivity contribution in [2.24, 2.45) is 0 Å². The fourth-order valence-corrected chi connectivity index (χ4v) is 4.18. The zero-order valence-corrected chi connectivity index (χ0v) is 16.8. The van der Waals surface area contributed by atoms with Gasteiger partial charge in [0.2, 0.25) is 11.8 Å². The molecule has 0 saturated carbocycles. The lowest BCUT2D eigenvalue weighted by molar-refractivity contribution is -0.131. The molecule has 0 spiro atoms. The van der Waals surface area contributed by atoms with Crippen LogP contribution < -0.4 is 4.90 Å². The third kappa shape index (κ3) is 3.99. The summed E-state index contributed by atoms with van der Waals surface area (Å²) in [5.41, 5.74) is 2.76. The van der Waals surface area contributed by atoms with Gasteiger partial charge in [0.1, 0.15) is 17.5 Å². The Balaban J connectivity index is 1.51. The first-order valence-electron chi connectivity index (χ1n) is 10.1. The van der Waals surface area contributed by atoms with Crippen molar-refractivity contribution >= 4 is 17.6 Å². The van der Waals surface area contributed by atoms with Crippen LogP contribution in [0.1, 0.15) is 47.8 Å². The van der Waals surface area contributed by atoms with Crippen molar-refractivity contribution in [2.75, 3.05) is 25.0 Å². The van der Waals surface area contributed by atoms with Crippen LogP contribution in [0, 0.1) is 12.7 Å². The highest BCUT2D eigenvalue weighted by atomic mass is 19.1. The lowest BCUT2D eigenvalue weighted by atomic mass is 9.95. The third-order valence-electron chi connectivity index (χ3n) is 5.90. The summed E-state index contributed by atoms with van der Waals surface area (Å²) in [6.45, 7) is 3.24. The molecule has 0 aliphatic carbocycles. The van der Waals surface area contributed by atoms with Crippen LogP contribution in [0.4, 0.5) is 10.2 Å². The number of piperidine rings is 1. The first kappa shape index (κ1) is 19.5. The van der Waals surface area contributed by atoms with Crippen molar-refractivity contribution in [3.05, 3.63) is 52.7 Å². The molecule has 0 unspecified atom stereocenters. The maximum atomic E-state index is 13.1. The summed E-state index contributed by atoms with van der Waals surface area (Å²) >= 11 is 0. The van der Waals surface area contributed by atoms with Gasteiger partial charge < -0.3 is 4.90 Å². The van der Waals surface area contributed by atoms with Gasteiger partial charge in [0, 0.05) is 43.7 Å². The largest absolute Gasteiger partial charge is 0.342 e. The molecule has 2 aliphatic rings. The molecule has 1 fully saturated rings. The van der Waals surface area contributed by atoms with E-state index in [0.29, 0.717) is 37.6 Å². The normalized spacial score (nSPS) is 19.3. The fraction of sp³-hybridized carbons (Fsp3) is 0.455. The predicted octanol–water partition coefficient (Wildman–Crippen LogP) is 2.78. The fourth-order valence-electron chi connectivity index (χ4n) is 4.18. The maximum Gasteiger partial charge on any atom is 0.228 e. The van der Waals surface area contributed by atoms with E-state index in [1.165, 1.54) is 12.1 Å². The van der Waals surface area contributed by atoms with E-state index in [2.05, 4.69) is 0 Å². The summed E-state index contributed by atoms with van der Waals surface area (Å²) in [5, 5.41) is 0. The average Bonchev–Trinajstić information content (AvgIpc) is 2.72. The van der Waals surface area contributed by atoms with Crippen molar-refractivity contribution in [3.8, 4) is 0 Å². The Morgan fingerprint density at radius 2 is 1.97 bits per heavy atom. The quantitative estimate of drug-likeness (QED) is 0.800. The molecular weight excluding hydrogens is 371 g/mol. The number of benzene rings is 1. The summed E-state index contributed by atoms with van der Waals surface area (Å²) in [5.74, 6) is 1.27. The van der Waals surface area contributed by atoms with Gasteiger partial charge in [-0.2, -0.15) is 0 Å². The van der Waals surface area contributed by atoms with Crippen LogP contribution in [0.3, 0.4) is 0 Å². The SMILES string of the molecule is Cc1nc([C@H]2CCCN(C(=O)Cc3ccc(F)cc3)C2)nc2c1CCC(=O)N2C. The van der Waals surface area contributed by atoms with E-state index in [-0.39, 0.29) is 30.0 Å². The first-order chi connectivity index (χ1) is 13.9. The molecule has 4 rings (SSSR count). The predicted molar refractivity (Wildman–Crippen MR) is 107 cm³/mol. The molecule has 152 valence electrons. The van der Waals surface area contributed by atoms with Gasteiger partial charge in [-0.15, -0.1) is 0 Å². The lowest BCUT2D eigenvalue weighted by Gasteiger charge is -2.33. The first-order valence-corrected chi connectivity index (χ1v) is 10.1. The van der Waals surface area contributed by atoms with Crippen LogP contribution in [0.5, 0.6) is 0 Å². The summed E-state index contributed by atoms with van der Waals surface area (Å²) < 4.78 is 13.1. The number of anilines is 1. The maximum absolute atomic E-state index is 13.1. The van der Waals surface area contributed by atoms with Gasteiger partial charge >= 0.3 is 0 Å². The molecule has 7 heteroatoms. The molecule has 2 aromatic rings. The highest BCUT2D eigenvalue weighted by Crippen LogP contribution is 2.31. The van der Waals surface area contributed by atoms with E-state index in [9.17, 15) is 14.0 Å². The second kappa shape index (κ2) is 7.89. The number of likely N-dealkylation sites (tertiary alicyclic amines) is 1. The van der Waals surface area contributed by atoms with Crippen LogP contribution in [0.25, 0.3) is 0 Å². The van der Waals surface area contributed by atoms with E-state index in [1.54, 1.807) is 24.1 Å². The Morgan fingerprint density at radius 1 is 1.21 bits per heavy atom. The molecule has 0 N–H and O–H groups in total. The number of rotatable bonds is 3. The van der Waals surface area contributed by atoms with Gasteiger partial charge in [0.25, 0.3) is 0 Å². The summed E-state index contributed by atoms with van der Waals surface area (Å²) in [7, 11) is 1.76.